The maximum absolute atomic E-state index is 11.7. The predicted octanol–water partition coefficient (Wildman–Crippen LogP) is 2.49. The molecule has 1 aromatic carbocycles. The van der Waals surface area contributed by atoms with E-state index in [0.717, 1.165) is 23.7 Å². The van der Waals surface area contributed by atoms with Gasteiger partial charge in [0.1, 0.15) is 0 Å². The second-order valence-electron chi connectivity index (χ2n) is 4.25. The van der Waals surface area contributed by atoms with Crippen molar-refractivity contribution in [1.29, 1.82) is 0 Å². The molecule has 0 unspecified atom stereocenters. The lowest BCUT2D eigenvalue weighted by Crippen LogP contribution is -2.37. The third-order valence-electron chi connectivity index (χ3n) is 2.62. The molecule has 0 heterocycles. The Labute approximate surface area is 122 Å². The zero-order valence-electron chi connectivity index (χ0n) is 11.0. The zero-order chi connectivity index (χ0) is 14.1. The quantitative estimate of drug-likeness (QED) is 0.756. The van der Waals surface area contributed by atoms with E-state index in [0.29, 0.717) is 12.1 Å². The van der Waals surface area contributed by atoms with Gasteiger partial charge in [-0.15, -0.1) is 0 Å². The Balaban J connectivity index is 2.26. The largest absolute Gasteiger partial charge is 0.355 e. The highest BCUT2D eigenvalue weighted by atomic mass is 79.9. The normalized spacial score (nSPS) is 10.0. The van der Waals surface area contributed by atoms with Crippen molar-refractivity contribution < 1.29 is 9.59 Å². The molecule has 0 aliphatic heterocycles. The monoisotopic (exact) mass is 326 g/mol. The predicted molar refractivity (Wildman–Crippen MR) is 79.0 cm³/mol. The highest BCUT2D eigenvalue weighted by molar-refractivity contribution is 9.10. The summed E-state index contributed by atoms with van der Waals surface area (Å²) < 4.78 is 0.915. The number of nitrogens with one attached hydrogen (secondary N) is 2. The number of amides is 2. The first-order chi connectivity index (χ1) is 9.13. The molecule has 1 aromatic rings. The molecule has 1 rings (SSSR count). The molecule has 2 N–H and O–H groups in total. The van der Waals surface area contributed by atoms with E-state index in [1.54, 1.807) is 24.3 Å². The summed E-state index contributed by atoms with van der Waals surface area (Å²) in [6.45, 7) is 2.79. The van der Waals surface area contributed by atoms with Gasteiger partial charge in [-0.1, -0.05) is 35.7 Å². The number of hydrogen-bond donors (Lipinski definition) is 2. The van der Waals surface area contributed by atoms with Crippen LogP contribution in [-0.2, 0) is 4.79 Å². The summed E-state index contributed by atoms with van der Waals surface area (Å²) in [6, 6.07) is 7.00. The van der Waals surface area contributed by atoms with Crippen LogP contribution in [0, 0.1) is 0 Å². The van der Waals surface area contributed by atoms with Gasteiger partial charge in [-0.25, -0.2) is 0 Å². The first kappa shape index (κ1) is 15.7. The van der Waals surface area contributed by atoms with E-state index >= 15 is 0 Å². The minimum atomic E-state index is -0.240. The SMILES string of the molecule is CCCCCNC(=O)CNC(=O)c1ccc(Br)cc1. The zero-order valence-corrected chi connectivity index (χ0v) is 12.6. The summed E-state index contributed by atoms with van der Waals surface area (Å²) >= 11 is 3.30. The Hall–Kier alpha value is -1.36. The number of benzene rings is 1. The fraction of sp³-hybridized carbons (Fsp3) is 0.429. The van der Waals surface area contributed by atoms with Crippen LogP contribution in [0.25, 0.3) is 0 Å². The molecule has 0 atom stereocenters. The second kappa shape index (κ2) is 8.69. The average molecular weight is 327 g/mol. The number of hydrogen-bond acceptors (Lipinski definition) is 2. The molecule has 19 heavy (non-hydrogen) atoms. The van der Waals surface area contributed by atoms with Crippen molar-refractivity contribution in [2.24, 2.45) is 0 Å². The lowest BCUT2D eigenvalue weighted by molar-refractivity contribution is -0.120. The van der Waals surface area contributed by atoms with Gasteiger partial charge in [0.25, 0.3) is 5.91 Å². The Kier molecular flexibility index (Phi) is 7.18. The molecule has 0 aromatic heterocycles. The minimum absolute atomic E-state index is 0.0149. The molecule has 0 saturated heterocycles. The molecule has 0 spiro atoms. The fourth-order valence-electron chi connectivity index (χ4n) is 1.53. The van der Waals surface area contributed by atoms with Gasteiger partial charge in [-0.2, -0.15) is 0 Å². The Bertz CT molecular complexity index is 418. The van der Waals surface area contributed by atoms with Crippen LogP contribution >= 0.6 is 15.9 Å². The van der Waals surface area contributed by atoms with E-state index in [2.05, 4.69) is 33.5 Å². The molecule has 0 aliphatic rings. The van der Waals surface area contributed by atoms with E-state index in [4.69, 9.17) is 0 Å². The van der Waals surface area contributed by atoms with Crippen LogP contribution in [0.2, 0.25) is 0 Å². The molecule has 0 bridgehead atoms. The summed E-state index contributed by atoms with van der Waals surface area (Å²) in [4.78, 5) is 23.2. The standard InChI is InChI=1S/C14H19BrN2O2/c1-2-3-4-9-16-13(18)10-17-14(19)11-5-7-12(15)8-6-11/h5-8H,2-4,9-10H2,1H3,(H,16,18)(H,17,19). The van der Waals surface area contributed by atoms with Gasteiger partial charge in [-0.05, 0) is 30.7 Å². The summed E-state index contributed by atoms with van der Waals surface area (Å²) in [5.41, 5.74) is 0.544. The van der Waals surface area contributed by atoms with Crippen LogP contribution in [0.15, 0.2) is 28.7 Å². The molecular formula is C14H19BrN2O2. The highest BCUT2D eigenvalue weighted by Crippen LogP contribution is 2.10. The third-order valence-corrected chi connectivity index (χ3v) is 3.15. The smallest absolute Gasteiger partial charge is 0.251 e. The summed E-state index contributed by atoms with van der Waals surface area (Å²) in [6.07, 6.45) is 3.20. The van der Waals surface area contributed by atoms with E-state index in [1.807, 2.05) is 0 Å². The van der Waals surface area contributed by atoms with Crippen molar-refractivity contribution in [3.05, 3.63) is 34.3 Å². The van der Waals surface area contributed by atoms with Gasteiger partial charge < -0.3 is 10.6 Å². The molecular weight excluding hydrogens is 308 g/mol. The van der Waals surface area contributed by atoms with E-state index < -0.39 is 0 Å². The van der Waals surface area contributed by atoms with E-state index in [-0.39, 0.29) is 18.4 Å². The van der Waals surface area contributed by atoms with Crippen molar-refractivity contribution in [2.45, 2.75) is 26.2 Å². The maximum Gasteiger partial charge on any atom is 0.251 e. The topological polar surface area (TPSA) is 58.2 Å². The lowest BCUT2D eigenvalue weighted by atomic mass is 10.2. The van der Waals surface area contributed by atoms with Crippen molar-refractivity contribution in [2.75, 3.05) is 13.1 Å². The molecule has 0 aliphatic carbocycles. The number of carbonyl (C=O) groups excluding carboxylic acids is 2. The van der Waals surface area contributed by atoms with Crippen molar-refractivity contribution in [3.8, 4) is 0 Å². The Morgan fingerprint density at radius 3 is 2.42 bits per heavy atom. The van der Waals surface area contributed by atoms with Crippen LogP contribution in [0.1, 0.15) is 36.5 Å². The average Bonchev–Trinajstić information content (AvgIpc) is 2.42. The molecule has 0 fully saturated rings. The van der Waals surface area contributed by atoms with E-state index in [9.17, 15) is 9.59 Å². The van der Waals surface area contributed by atoms with Crippen molar-refractivity contribution in [3.63, 3.8) is 0 Å². The van der Waals surface area contributed by atoms with Crippen LogP contribution in [0.3, 0.4) is 0 Å². The van der Waals surface area contributed by atoms with Gasteiger partial charge in [0.15, 0.2) is 0 Å². The first-order valence-corrected chi connectivity index (χ1v) is 7.23. The van der Waals surface area contributed by atoms with Crippen LogP contribution in [0.5, 0.6) is 0 Å². The molecule has 0 radical (unpaired) electrons. The molecule has 104 valence electrons. The molecule has 2 amide bonds. The van der Waals surface area contributed by atoms with Crippen molar-refractivity contribution >= 4 is 27.7 Å². The van der Waals surface area contributed by atoms with Gasteiger partial charge in [0.05, 0.1) is 6.54 Å². The number of unbranched alkanes of at least 4 members (excludes halogenated alkanes) is 2. The second-order valence-corrected chi connectivity index (χ2v) is 5.16. The van der Waals surface area contributed by atoms with Crippen molar-refractivity contribution in [1.82, 2.24) is 10.6 Å². The lowest BCUT2D eigenvalue weighted by Gasteiger charge is -2.06. The Morgan fingerprint density at radius 1 is 1.11 bits per heavy atom. The van der Waals surface area contributed by atoms with Gasteiger partial charge in [-0.3, -0.25) is 9.59 Å². The third kappa shape index (κ3) is 6.38. The number of rotatable bonds is 7. The highest BCUT2D eigenvalue weighted by Gasteiger charge is 2.07. The van der Waals surface area contributed by atoms with Crippen LogP contribution < -0.4 is 10.6 Å². The fourth-order valence-corrected chi connectivity index (χ4v) is 1.79. The number of halogens is 1. The molecule has 5 heteroatoms. The van der Waals surface area contributed by atoms with Gasteiger partial charge >= 0.3 is 0 Å². The van der Waals surface area contributed by atoms with E-state index in [1.165, 1.54) is 0 Å². The minimum Gasteiger partial charge on any atom is -0.355 e. The summed E-state index contributed by atoms with van der Waals surface area (Å²) in [5, 5.41) is 5.37. The van der Waals surface area contributed by atoms with Crippen LogP contribution in [-0.4, -0.2) is 24.9 Å². The maximum atomic E-state index is 11.7. The summed E-state index contributed by atoms with van der Waals surface area (Å²) in [5.74, 6) is -0.391. The van der Waals surface area contributed by atoms with Crippen LogP contribution in [0.4, 0.5) is 0 Å². The Morgan fingerprint density at radius 2 is 1.79 bits per heavy atom. The molecule has 4 nitrogen and oxygen atoms in total. The summed E-state index contributed by atoms with van der Waals surface area (Å²) in [7, 11) is 0. The molecule has 0 saturated carbocycles. The van der Waals surface area contributed by atoms with Gasteiger partial charge in [0.2, 0.25) is 5.91 Å². The van der Waals surface area contributed by atoms with Gasteiger partial charge in [0, 0.05) is 16.6 Å². The first-order valence-electron chi connectivity index (χ1n) is 6.44. The number of carbonyl (C=O) groups is 2.